The first-order chi connectivity index (χ1) is 14.7. The molecular weight excluding hydrogens is 376 g/mol. The van der Waals surface area contributed by atoms with Crippen LogP contribution in [0.5, 0.6) is 0 Å². The normalized spacial score (nSPS) is 10.7. The largest absolute Gasteiger partial charge is 0.462 e. The second-order valence-corrected chi connectivity index (χ2v) is 8.10. The van der Waals surface area contributed by atoms with Crippen LogP contribution in [0, 0.1) is 0 Å². The maximum absolute atomic E-state index is 12.2. The van der Waals surface area contributed by atoms with Gasteiger partial charge in [0.05, 0.1) is 24.3 Å². The summed E-state index contributed by atoms with van der Waals surface area (Å²) in [4.78, 5) is 24.4. The molecule has 0 N–H and O–H groups in total. The van der Waals surface area contributed by atoms with Gasteiger partial charge in [-0.05, 0) is 31.0 Å². The van der Waals surface area contributed by atoms with Crippen molar-refractivity contribution in [1.29, 1.82) is 0 Å². The van der Waals surface area contributed by atoms with Crippen molar-refractivity contribution in [2.24, 2.45) is 0 Å². The molecule has 0 aliphatic heterocycles. The summed E-state index contributed by atoms with van der Waals surface area (Å²) in [6.45, 7) is 5.24. The SMILES string of the molecule is CCCCCCCCCCCCOC(=O)c1cccc(C(=O)OCCCCCC)c1. The molecule has 170 valence electrons. The molecule has 4 nitrogen and oxygen atoms in total. The molecule has 1 aromatic rings. The van der Waals surface area contributed by atoms with Crippen LogP contribution in [0.2, 0.25) is 0 Å². The van der Waals surface area contributed by atoms with E-state index >= 15 is 0 Å². The minimum absolute atomic E-state index is 0.372. The highest BCUT2D eigenvalue weighted by atomic mass is 16.5. The summed E-state index contributed by atoms with van der Waals surface area (Å²) in [5.41, 5.74) is 0.807. The van der Waals surface area contributed by atoms with Crippen molar-refractivity contribution in [3.63, 3.8) is 0 Å². The lowest BCUT2D eigenvalue weighted by atomic mass is 10.1. The van der Waals surface area contributed by atoms with Crippen molar-refractivity contribution < 1.29 is 19.1 Å². The number of ether oxygens (including phenoxy) is 2. The van der Waals surface area contributed by atoms with Gasteiger partial charge in [0.25, 0.3) is 0 Å². The zero-order chi connectivity index (χ0) is 21.9. The molecule has 1 rings (SSSR count). The Morgan fingerprint density at radius 1 is 0.600 bits per heavy atom. The fourth-order valence-electron chi connectivity index (χ4n) is 3.39. The van der Waals surface area contributed by atoms with E-state index in [9.17, 15) is 9.59 Å². The van der Waals surface area contributed by atoms with E-state index in [4.69, 9.17) is 9.47 Å². The van der Waals surface area contributed by atoms with Gasteiger partial charge in [-0.2, -0.15) is 0 Å². The van der Waals surface area contributed by atoms with E-state index in [1.807, 2.05) is 0 Å². The lowest BCUT2D eigenvalue weighted by Crippen LogP contribution is -2.10. The van der Waals surface area contributed by atoms with Gasteiger partial charge >= 0.3 is 11.9 Å². The molecule has 0 aliphatic carbocycles. The van der Waals surface area contributed by atoms with Crippen LogP contribution in [0.4, 0.5) is 0 Å². The molecule has 0 radical (unpaired) electrons. The number of carbonyl (C=O) groups is 2. The Hall–Kier alpha value is -1.84. The van der Waals surface area contributed by atoms with Crippen LogP contribution in [0.3, 0.4) is 0 Å². The smallest absolute Gasteiger partial charge is 0.338 e. The predicted molar refractivity (Wildman–Crippen MR) is 123 cm³/mol. The summed E-state index contributed by atoms with van der Waals surface area (Å²) >= 11 is 0. The first-order valence-electron chi connectivity index (χ1n) is 12.1. The fraction of sp³-hybridized carbons (Fsp3) is 0.692. The standard InChI is InChI=1S/C26H42O4/c1-3-5-7-9-10-11-12-13-14-16-21-30-26(28)24-19-17-18-23(22-24)25(27)29-20-15-8-6-4-2/h17-19,22H,3-16,20-21H2,1-2H3. The van der Waals surface area contributed by atoms with Crippen molar-refractivity contribution in [3.8, 4) is 0 Å². The third kappa shape index (κ3) is 12.7. The molecule has 0 unspecified atom stereocenters. The van der Waals surface area contributed by atoms with Gasteiger partial charge < -0.3 is 9.47 Å². The summed E-state index contributed by atoms with van der Waals surface area (Å²) in [6.07, 6.45) is 16.7. The van der Waals surface area contributed by atoms with Crippen molar-refractivity contribution >= 4 is 11.9 Å². The summed E-state index contributed by atoms with van der Waals surface area (Å²) in [5, 5.41) is 0. The fourth-order valence-corrected chi connectivity index (χ4v) is 3.39. The Labute approximate surface area is 183 Å². The van der Waals surface area contributed by atoms with Gasteiger partial charge in [0.15, 0.2) is 0 Å². The molecule has 0 amide bonds. The highest BCUT2D eigenvalue weighted by Gasteiger charge is 2.12. The third-order valence-corrected chi connectivity index (χ3v) is 5.30. The maximum Gasteiger partial charge on any atom is 0.338 e. The Kier molecular flexibility index (Phi) is 15.7. The molecule has 0 spiro atoms. The van der Waals surface area contributed by atoms with Gasteiger partial charge in [0, 0.05) is 0 Å². The number of carbonyl (C=O) groups excluding carboxylic acids is 2. The number of hydrogen-bond donors (Lipinski definition) is 0. The van der Waals surface area contributed by atoms with Gasteiger partial charge in [-0.25, -0.2) is 9.59 Å². The molecule has 4 heteroatoms. The van der Waals surface area contributed by atoms with Gasteiger partial charge in [0.2, 0.25) is 0 Å². The van der Waals surface area contributed by atoms with Crippen molar-refractivity contribution in [3.05, 3.63) is 35.4 Å². The van der Waals surface area contributed by atoms with E-state index in [0.29, 0.717) is 24.3 Å². The van der Waals surface area contributed by atoms with Crippen molar-refractivity contribution in [2.45, 2.75) is 104 Å². The molecule has 0 bridgehead atoms. The van der Waals surface area contributed by atoms with Crippen LogP contribution in [0.15, 0.2) is 24.3 Å². The van der Waals surface area contributed by atoms with Crippen molar-refractivity contribution in [1.82, 2.24) is 0 Å². The molecule has 30 heavy (non-hydrogen) atoms. The van der Waals surface area contributed by atoms with Gasteiger partial charge in [-0.3, -0.25) is 0 Å². The Morgan fingerprint density at radius 3 is 1.40 bits per heavy atom. The molecule has 0 aliphatic rings. The van der Waals surface area contributed by atoms with E-state index in [0.717, 1.165) is 38.5 Å². The third-order valence-electron chi connectivity index (χ3n) is 5.30. The number of hydrogen-bond acceptors (Lipinski definition) is 4. The topological polar surface area (TPSA) is 52.6 Å². The molecule has 0 heterocycles. The highest BCUT2D eigenvalue weighted by molar-refractivity contribution is 5.95. The predicted octanol–water partition coefficient (Wildman–Crippen LogP) is 7.50. The number of esters is 2. The zero-order valence-electron chi connectivity index (χ0n) is 19.3. The van der Waals surface area contributed by atoms with E-state index in [1.54, 1.807) is 24.3 Å². The van der Waals surface area contributed by atoms with Crippen LogP contribution in [-0.2, 0) is 9.47 Å². The lowest BCUT2D eigenvalue weighted by molar-refractivity contribution is 0.0496. The average molecular weight is 419 g/mol. The number of unbranched alkanes of at least 4 members (excludes halogenated alkanes) is 12. The summed E-state index contributed by atoms with van der Waals surface area (Å²) in [6, 6.07) is 6.62. The second kappa shape index (κ2) is 18.0. The molecule has 1 aromatic carbocycles. The van der Waals surface area contributed by atoms with Crippen LogP contribution in [0.25, 0.3) is 0 Å². The quantitative estimate of drug-likeness (QED) is 0.183. The van der Waals surface area contributed by atoms with E-state index < -0.39 is 0 Å². The first kappa shape index (κ1) is 26.2. The van der Waals surface area contributed by atoms with E-state index in [-0.39, 0.29) is 11.9 Å². The molecule has 0 saturated heterocycles. The summed E-state index contributed by atoms with van der Waals surface area (Å²) in [7, 11) is 0. The zero-order valence-corrected chi connectivity index (χ0v) is 19.3. The Balaban J connectivity index is 2.17. The summed E-state index contributed by atoms with van der Waals surface area (Å²) < 4.78 is 10.7. The summed E-state index contributed by atoms with van der Waals surface area (Å²) in [5.74, 6) is -0.751. The minimum atomic E-state index is -0.379. The first-order valence-corrected chi connectivity index (χ1v) is 12.1. The molecular formula is C26H42O4. The van der Waals surface area contributed by atoms with Gasteiger partial charge in [0.1, 0.15) is 0 Å². The second-order valence-electron chi connectivity index (χ2n) is 8.10. The molecule has 0 fully saturated rings. The van der Waals surface area contributed by atoms with E-state index in [2.05, 4.69) is 13.8 Å². The van der Waals surface area contributed by atoms with E-state index in [1.165, 1.54) is 51.4 Å². The monoisotopic (exact) mass is 418 g/mol. The van der Waals surface area contributed by atoms with Crippen LogP contribution in [-0.4, -0.2) is 25.2 Å². The molecule has 0 aromatic heterocycles. The van der Waals surface area contributed by atoms with Crippen molar-refractivity contribution in [2.75, 3.05) is 13.2 Å². The van der Waals surface area contributed by atoms with Crippen LogP contribution < -0.4 is 0 Å². The highest BCUT2D eigenvalue weighted by Crippen LogP contribution is 2.12. The molecule has 0 saturated carbocycles. The van der Waals surface area contributed by atoms with Crippen LogP contribution >= 0.6 is 0 Å². The van der Waals surface area contributed by atoms with Crippen LogP contribution in [0.1, 0.15) is 124 Å². The Morgan fingerprint density at radius 2 is 0.967 bits per heavy atom. The van der Waals surface area contributed by atoms with Gasteiger partial charge in [-0.1, -0.05) is 97.0 Å². The Bertz CT molecular complexity index is 582. The number of rotatable bonds is 18. The lowest BCUT2D eigenvalue weighted by Gasteiger charge is -2.07. The minimum Gasteiger partial charge on any atom is -0.462 e. The van der Waals surface area contributed by atoms with Gasteiger partial charge in [-0.15, -0.1) is 0 Å². The average Bonchev–Trinajstić information content (AvgIpc) is 2.77. The molecule has 0 atom stereocenters. The maximum atomic E-state index is 12.2. The number of benzene rings is 1.